The Morgan fingerprint density at radius 1 is 1.56 bits per heavy atom. The summed E-state index contributed by atoms with van der Waals surface area (Å²) in [5.41, 5.74) is 2.99. The lowest BCUT2D eigenvalue weighted by Crippen LogP contribution is -1.92. The molecule has 0 amide bonds. The molecule has 1 aromatic carbocycles. The number of hydrogen-bond acceptors (Lipinski definition) is 2. The van der Waals surface area contributed by atoms with Crippen molar-refractivity contribution in [1.82, 2.24) is 0 Å². The summed E-state index contributed by atoms with van der Waals surface area (Å²) in [6.45, 7) is 1.97. The molecule has 1 N–H and O–H groups in total. The fourth-order valence-electron chi connectivity index (χ4n) is 1.47. The molecule has 1 rings (SSSR count). The van der Waals surface area contributed by atoms with Crippen LogP contribution in [-0.2, 0) is 11.2 Å². The van der Waals surface area contributed by atoms with E-state index in [2.05, 4.69) is 6.07 Å². The minimum atomic E-state index is -0.966. The fraction of sp³-hybridized carbons (Fsp3) is 0.231. The Morgan fingerprint density at radius 2 is 2.31 bits per heavy atom. The number of hydrogen-bond donors (Lipinski definition) is 1. The van der Waals surface area contributed by atoms with Gasteiger partial charge in [0.25, 0.3) is 0 Å². The predicted octanol–water partition coefficient (Wildman–Crippen LogP) is 2.55. The molecular formula is C13H13NO2. The lowest BCUT2D eigenvalue weighted by Gasteiger charge is -2.05. The number of rotatable bonds is 4. The van der Waals surface area contributed by atoms with E-state index in [1.807, 2.05) is 25.1 Å². The van der Waals surface area contributed by atoms with Gasteiger partial charge >= 0.3 is 5.97 Å². The zero-order chi connectivity index (χ0) is 12.0. The molecule has 0 bridgehead atoms. The minimum Gasteiger partial charge on any atom is -0.478 e. The lowest BCUT2D eigenvalue weighted by atomic mass is 10.0. The van der Waals surface area contributed by atoms with E-state index >= 15 is 0 Å². The first kappa shape index (κ1) is 12.0. The van der Waals surface area contributed by atoms with Gasteiger partial charge in [0.05, 0.1) is 6.07 Å². The van der Waals surface area contributed by atoms with E-state index in [0.717, 1.165) is 22.8 Å². The van der Waals surface area contributed by atoms with Crippen molar-refractivity contribution in [2.75, 3.05) is 0 Å². The van der Waals surface area contributed by atoms with Crippen LogP contribution < -0.4 is 0 Å². The molecule has 0 spiro atoms. The quantitative estimate of drug-likeness (QED) is 0.785. The third kappa shape index (κ3) is 3.58. The van der Waals surface area contributed by atoms with Gasteiger partial charge in [-0.25, -0.2) is 4.79 Å². The molecule has 0 aliphatic heterocycles. The van der Waals surface area contributed by atoms with Gasteiger partial charge < -0.3 is 5.11 Å². The molecule has 0 aliphatic carbocycles. The molecule has 0 heterocycles. The molecule has 1 aromatic rings. The SMILES string of the molecule is Cc1ccc(/C=C/C(=O)O)c(CCC#N)c1. The van der Waals surface area contributed by atoms with Crippen molar-refractivity contribution in [3.63, 3.8) is 0 Å². The van der Waals surface area contributed by atoms with E-state index in [1.54, 1.807) is 6.08 Å². The summed E-state index contributed by atoms with van der Waals surface area (Å²) in [5.74, 6) is -0.966. The third-order valence-corrected chi connectivity index (χ3v) is 2.21. The van der Waals surface area contributed by atoms with Gasteiger partial charge in [-0.3, -0.25) is 0 Å². The number of nitrogens with zero attached hydrogens (tertiary/aromatic N) is 1. The van der Waals surface area contributed by atoms with Gasteiger partial charge in [-0.1, -0.05) is 23.8 Å². The maximum atomic E-state index is 10.4. The van der Waals surface area contributed by atoms with Crippen LogP contribution in [-0.4, -0.2) is 11.1 Å². The van der Waals surface area contributed by atoms with Gasteiger partial charge in [-0.2, -0.15) is 5.26 Å². The van der Waals surface area contributed by atoms with Crippen LogP contribution in [0, 0.1) is 18.3 Å². The first-order valence-electron chi connectivity index (χ1n) is 5.01. The van der Waals surface area contributed by atoms with Crippen LogP contribution in [0.25, 0.3) is 6.08 Å². The van der Waals surface area contributed by atoms with E-state index in [0.29, 0.717) is 12.8 Å². The Kier molecular flexibility index (Phi) is 4.28. The van der Waals surface area contributed by atoms with Crippen molar-refractivity contribution in [3.05, 3.63) is 41.0 Å². The molecule has 16 heavy (non-hydrogen) atoms. The summed E-state index contributed by atoms with van der Waals surface area (Å²) in [5, 5.41) is 17.1. The smallest absolute Gasteiger partial charge is 0.328 e. The molecular weight excluding hydrogens is 202 g/mol. The van der Waals surface area contributed by atoms with Crippen molar-refractivity contribution >= 4 is 12.0 Å². The standard InChI is InChI=1S/C13H13NO2/c1-10-4-5-11(6-7-13(15)16)12(9-10)3-2-8-14/h4-7,9H,2-3H2,1H3,(H,15,16)/b7-6+. The molecule has 82 valence electrons. The summed E-state index contributed by atoms with van der Waals surface area (Å²) in [7, 11) is 0. The van der Waals surface area contributed by atoms with Crippen molar-refractivity contribution < 1.29 is 9.90 Å². The van der Waals surface area contributed by atoms with E-state index < -0.39 is 5.97 Å². The van der Waals surface area contributed by atoms with Crippen molar-refractivity contribution in [2.45, 2.75) is 19.8 Å². The Balaban J connectivity index is 2.98. The number of aliphatic carboxylic acids is 1. The van der Waals surface area contributed by atoms with Gasteiger partial charge in [-0.05, 0) is 30.5 Å². The van der Waals surface area contributed by atoms with Crippen molar-refractivity contribution in [1.29, 1.82) is 5.26 Å². The number of nitriles is 1. The highest BCUT2D eigenvalue weighted by Gasteiger charge is 2.00. The first-order chi connectivity index (χ1) is 7.63. The molecule has 0 fully saturated rings. The van der Waals surface area contributed by atoms with E-state index in [-0.39, 0.29) is 0 Å². The monoisotopic (exact) mass is 215 g/mol. The zero-order valence-electron chi connectivity index (χ0n) is 9.10. The Morgan fingerprint density at radius 3 is 2.94 bits per heavy atom. The summed E-state index contributed by atoms with van der Waals surface area (Å²) >= 11 is 0. The van der Waals surface area contributed by atoms with E-state index in [4.69, 9.17) is 10.4 Å². The molecule has 0 aliphatic rings. The van der Waals surface area contributed by atoms with Crippen LogP contribution in [0.15, 0.2) is 24.3 Å². The van der Waals surface area contributed by atoms with Crippen LogP contribution in [0.4, 0.5) is 0 Å². The molecule has 3 nitrogen and oxygen atoms in total. The third-order valence-electron chi connectivity index (χ3n) is 2.21. The molecule has 0 atom stereocenters. The molecule has 0 radical (unpaired) electrons. The van der Waals surface area contributed by atoms with Gasteiger partial charge in [0.2, 0.25) is 0 Å². The van der Waals surface area contributed by atoms with Crippen LogP contribution in [0.1, 0.15) is 23.1 Å². The largest absolute Gasteiger partial charge is 0.478 e. The Bertz CT molecular complexity index is 455. The van der Waals surface area contributed by atoms with Crippen molar-refractivity contribution in [2.24, 2.45) is 0 Å². The summed E-state index contributed by atoms with van der Waals surface area (Å²) in [6, 6.07) is 7.88. The van der Waals surface area contributed by atoms with Crippen LogP contribution in [0.3, 0.4) is 0 Å². The normalized spacial score (nSPS) is 10.2. The number of aryl methyl sites for hydroxylation is 2. The highest BCUT2D eigenvalue weighted by atomic mass is 16.4. The van der Waals surface area contributed by atoms with Gasteiger partial charge in [0, 0.05) is 12.5 Å². The number of benzene rings is 1. The fourth-order valence-corrected chi connectivity index (χ4v) is 1.47. The average Bonchev–Trinajstić information content (AvgIpc) is 2.24. The van der Waals surface area contributed by atoms with Crippen LogP contribution in [0.2, 0.25) is 0 Å². The highest BCUT2D eigenvalue weighted by molar-refractivity contribution is 5.85. The van der Waals surface area contributed by atoms with E-state index in [9.17, 15) is 4.79 Å². The van der Waals surface area contributed by atoms with Gasteiger partial charge in [0.15, 0.2) is 0 Å². The van der Waals surface area contributed by atoms with Gasteiger partial charge in [0.1, 0.15) is 0 Å². The molecule has 0 saturated carbocycles. The molecule has 3 heteroatoms. The average molecular weight is 215 g/mol. The maximum Gasteiger partial charge on any atom is 0.328 e. The summed E-state index contributed by atoms with van der Waals surface area (Å²) < 4.78 is 0. The molecule has 0 aromatic heterocycles. The predicted molar refractivity (Wildman–Crippen MR) is 61.8 cm³/mol. The van der Waals surface area contributed by atoms with Gasteiger partial charge in [-0.15, -0.1) is 0 Å². The maximum absolute atomic E-state index is 10.4. The zero-order valence-corrected chi connectivity index (χ0v) is 9.10. The number of carbonyl (C=O) groups is 1. The van der Waals surface area contributed by atoms with Crippen LogP contribution >= 0.6 is 0 Å². The lowest BCUT2D eigenvalue weighted by molar-refractivity contribution is -0.131. The minimum absolute atomic E-state index is 0.442. The highest BCUT2D eigenvalue weighted by Crippen LogP contribution is 2.15. The first-order valence-corrected chi connectivity index (χ1v) is 5.01. The second-order valence-corrected chi connectivity index (χ2v) is 3.53. The topological polar surface area (TPSA) is 61.1 Å². The number of carboxylic acids is 1. The Labute approximate surface area is 94.6 Å². The molecule has 0 saturated heterocycles. The Hall–Kier alpha value is -2.08. The van der Waals surface area contributed by atoms with E-state index in [1.165, 1.54) is 0 Å². The summed E-state index contributed by atoms with van der Waals surface area (Å²) in [4.78, 5) is 10.4. The van der Waals surface area contributed by atoms with Crippen LogP contribution in [0.5, 0.6) is 0 Å². The van der Waals surface area contributed by atoms with Crippen molar-refractivity contribution in [3.8, 4) is 6.07 Å². The second kappa shape index (κ2) is 5.72. The molecule has 0 unspecified atom stereocenters. The second-order valence-electron chi connectivity index (χ2n) is 3.53. The summed E-state index contributed by atoms with van der Waals surface area (Å²) in [6.07, 6.45) is 3.77. The number of carboxylic acid groups (broad SMARTS) is 1.